The van der Waals surface area contributed by atoms with Crippen molar-refractivity contribution >= 4 is 23.6 Å². The first-order chi connectivity index (χ1) is 10.0. The third-order valence-corrected chi connectivity index (χ3v) is 3.38. The van der Waals surface area contributed by atoms with Gasteiger partial charge in [0.1, 0.15) is 18.6 Å². The summed E-state index contributed by atoms with van der Waals surface area (Å²) in [6.45, 7) is 1.83. The van der Waals surface area contributed by atoms with Crippen LogP contribution in [-0.2, 0) is 6.61 Å². The van der Waals surface area contributed by atoms with Gasteiger partial charge in [0.25, 0.3) is 5.69 Å². The maximum Gasteiger partial charge on any atom is 0.272 e. The van der Waals surface area contributed by atoms with E-state index in [-0.39, 0.29) is 12.3 Å². The molecule has 0 spiro atoms. The lowest BCUT2D eigenvalue weighted by Crippen LogP contribution is -2.01. The van der Waals surface area contributed by atoms with Gasteiger partial charge in [0, 0.05) is 17.2 Å². The number of ether oxygens (including phenoxy) is 1. The van der Waals surface area contributed by atoms with Crippen molar-refractivity contribution in [3.05, 3.63) is 68.2 Å². The topological polar surface area (TPSA) is 69.4 Å². The molecule has 2 aromatic carbocycles. The molecule has 0 aliphatic rings. The summed E-state index contributed by atoms with van der Waals surface area (Å²) < 4.78 is 5.57. The van der Waals surface area contributed by atoms with Crippen molar-refractivity contribution in [2.24, 2.45) is 0 Å². The molecule has 0 amide bonds. The highest BCUT2D eigenvalue weighted by molar-refractivity contribution is 6.32. The number of nitrogens with zero attached hydrogens (tertiary/aromatic N) is 1. The van der Waals surface area contributed by atoms with E-state index in [9.17, 15) is 14.9 Å². The molecule has 2 rings (SSSR count). The van der Waals surface area contributed by atoms with E-state index in [0.717, 1.165) is 0 Å². The first kappa shape index (κ1) is 15.0. The summed E-state index contributed by atoms with van der Waals surface area (Å²) in [4.78, 5) is 21.1. The molecule has 0 aliphatic heterocycles. The van der Waals surface area contributed by atoms with Gasteiger partial charge in [-0.1, -0.05) is 23.7 Å². The van der Waals surface area contributed by atoms with Gasteiger partial charge in [0.2, 0.25) is 0 Å². The summed E-state index contributed by atoms with van der Waals surface area (Å²) in [5.74, 6) is 0.424. The third kappa shape index (κ3) is 3.38. The number of nitro benzene ring substituents is 1. The molecule has 0 saturated carbocycles. The van der Waals surface area contributed by atoms with E-state index in [4.69, 9.17) is 16.3 Å². The molecule has 5 nitrogen and oxygen atoms in total. The second kappa shape index (κ2) is 6.37. The van der Waals surface area contributed by atoms with Crippen molar-refractivity contribution in [2.75, 3.05) is 0 Å². The van der Waals surface area contributed by atoms with Crippen LogP contribution >= 0.6 is 11.6 Å². The number of aldehydes is 1. The van der Waals surface area contributed by atoms with Crippen LogP contribution in [0.3, 0.4) is 0 Å². The summed E-state index contributed by atoms with van der Waals surface area (Å²) in [5, 5.41) is 11.2. The van der Waals surface area contributed by atoms with Crippen LogP contribution in [0.15, 0.2) is 36.4 Å². The highest BCUT2D eigenvalue weighted by Gasteiger charge is 2.13. The molecule has 0 radical (unpaired) electrons. The summed E-state index contributed by atoms with van der Waals surface area (Å²) in [6.07, 6.45) is 0.695. The Hall–Kier alpha value is -2.40. The summed E-state index contributed by atoms with van der Waals surface area (Å²) in [7, 11) is 0. The van der Waals surface area contributed by atoms with Crippen molar-refractivity contribution in [2.45, 2.75) is 13.5 Å². The van der Waals surface area contributed by atoms with Crippen LogP contribution in [0.5, 0.6) is 5.75 Å². The van der Waals surface area contributed by atoms with Crippen molar-refractivity contribution in [3.63, 3.8) is 0 Å². The van der Waals surface area contributed by atoms with Crippen LogP contribution in [0.2, 0.25) is 5.02 Å². The van der Waals surface area contributed by atoms with E-state index in [1.54, 1.807) is 31.2 Å². The van der Waals surface area contributed by atoms with Crippen molar-refractivity contribution in [1.82, 2.24) is 0 Å². The first-order valence-corrected chi connectivity index (χ1v) is 6.51. The number of carbonyl (C=O) groups excluding carboxylic acids is 1. The molecule has 6 heteroatoms. The van der Waals surface area contributed by atoms with Crippen LogP contribution in [-0.4, -0.2) is 11.2 Å². The molecule has 0 N–H and O–H groups in total. The summed E-state index contributed by atoms with van der Waals surface area (Å²) in [6, 6.07) is 9.51. The molecule has 0 unspecified atom stereocenters. The Kier molecular flexibility index (Phi) is 4.55. The average molecular weight is 306 g/mol. The Labute approximate surface area is 126 Å². The second-order valence-corrected chi connectivity index (χ2v) is 4.82. The average Bonchev–Trinajstić information content (AvgIpc) is 2.46. The number of hydrogen-bond donors (Lipinski definition) is 0. The zero-order valence-electron chi connectivity index (χ0n) is 11.2. The number of benzene rings is 2. The Morgan fingerprint density at radius 1 is 1.33 bits per heavy atom. The van der Waals surface area contributed by atoms with Crippen LogP contribution in [0.25, 0.3) is 0 Å². The maximum absolute atomic E-state index is 10.9. The van der Waals surface area contributed by atoms with Crippen LogP contribution < -0.4 is 4.74 Å². The predicted octanol–water partition coefficient (Wildman–Crippen LogP) is 3.95. The fraction of sp³-hybridized carbons (Fsp3) is 0.133. The molecule has 21 heavy (non-hydrogen) atoms. The molecule has 0 atom stereocenters. The van der Waals surface area contributed by atoms with Gasteiger partial charge in [-0.2, -0.15) is 0 Å². The van der Waals surface area contributed by atoms with Gasteiger partial charge >= 0.3 is 0 Å². The summed E-state index contributed by atoms with van der Waals surface area (Å²) in [5.41, 5.74) is 1.78. The summed E-state index contributed by atoms with van der Waals surface area (Å²) >= 11 is 6.00. The molecule has 108 valence electrons. The van der Waals surface area contributed by atoms with Gasteiger partial charge in [0.15, 0.2) is 0 Å². The molecule has 0 aromatic heterocycles. The maximum atomic E-state index is 10.9. The Balaban J connectivity index is 2.19. The Bertz CT molecular complexity index is 700. The zero-order valence-corrected chi connectivity index (χ0v) is 12.0. The van der Waals surface area contributed by atoms with Gasteiger partial charge < -0.3 is 4.74 Å². The van der Waals surface area contributed by atoms with E-state index in [1.807, 2.05) is 0 Å². The lowest BCUT2D eigenvalue weighted by atomic mass is 10.1. The van der Waals surface area contributed by atoms with Crippen molar-refractivity contribution in [1.29, 1.82) is 0 Å². The molecular formula is C15H12ClNO4. The number of halogens is 1. The smallest absolute Gasteiger partial charge is 0.272 e. The number of hydrogen-bond acceptors (Lipinski definition) is 4. The molecule has 2 aromatic rings. The number of carbonyl (C=O) groups is 1. The van der Waals surface area contributed by atoms with E-state index in [2.05, 4.69) is 0 Å². The van der Waals surface area contributed by atoms with Crippen molar-refractivity contribution < 1.29 is 14.5 Å². The van der Waals surface area contributed by atoms with Crippen molar-refractivity contribution in [3.8, 4) is 5.75 Å². The Morgan fingerprint density at radius 3 is 2.71 bits per heavy atom. The Morgan fingerprint density at radius 2 is 2.10 bits per heavy atom. The standard InChI is InChI=1S/C15H12ClNO4/c1-10-12(3-2-4-14(10)17(19)20)9-21-15-6-5-11(8-18)7-13(15)16/h2-8H,9H2,1H3. The number of rotatable bonds is 5. The molecule has 0 saturated heterocycles. The van der Waals surface area contributed by atoms with Gasteiger partial charge in [-0.15, -0.1) is 0 Å². The minimum atomic E-state index is -0.426. The SMILES string of the molecule is Cc1c(COc2ccc(C=O)cc2Cl)cccc1[N+](=O)[O-]. The van der Waals surface area contributed by atoms with Gasteiger partial charge in [-0.05, 0) is 30.7 Å². The minimum Gasteiger partial charge on any atom is -0.487 e. The van der Waals surface area contributed by atoms with E-state index in [1.165, 1.54) is 12.1 Å². The van der Waals surface area contributed by atoms with E-state index >= 15 is 0 Å². The van der Waals surface area contributed by atoms with Crippen LogP contribution in [0.1, 0.15) is 21.5 Å². The molecule has 0 bridgehead atoms. The molecule has 0 aliphatic carbocycles. The second-order valence-electron chi connectivity index (χ2n) is 4.41. The zero-order chi connectivity index (χ0) is 15.4. The highest BCUT2D eigenvalue weighted by Crippen LogP contribution is 2.27. The van der Waals surface area contributed by atoms with E-state index in [0.29, 0.717) is 33.7 Å². The van der Waals surface area contributed by atoms with E-state index < -0.39 is 4.92 Å². The minimum absolute atomic E-state index is 0.0542. The lowest BCUT2D eigenvalue weighted by Gasteiger charge is -2.10. The molecule has 0 fully saturated rings. The lowest BCUT2D eigenvalue weighted by molar-refractivity contribution is -0.385. The quantitative estimate of drug-likeness (QED) is 0.476. The highest BCUT2D eigenvalue weighted by atomic mass is 35.5. The first-order valence-electron chi connectivity index (χ1n) is 6.13. The predicted molar refractivity (Wildman–Crippen MR) is 79.0 cm³/mol. The fourth-order valence-electron chi connectivity index (χ4n) is 1.89. The van der Waals surface area contributed by atoms with Gasteiger partial charge in [-0.25, -0.2) is 0 Å². The normalized spacial score (nSPS) is 10.2. The van der Waals surface area contributed by atoms with Crippen LogP contribution in [0.4, 0.5) is 5.69 Å². The molecular weight excluding hydrogens is 294 g/mol. The fourth-order valence-corrected chi connectivity index (χ4v) is 2.13. The van der Waals surface area contributed by atoms with Gasteiger partial charge in [0.05, 0.1) is 9.95 Å². The largest absolute Gasteiger partial charge is 0.487 e. The monoisotopic (exact) mass is 305 g/mol. The number of nitro groups is 1. The third-order valence-electron chi connectivity index (χ3n) is 3.09. The van der Waals surface area contributed by atoms with Gasteiger partial charge in [-0.3, -0.25) is 14.9 Å². The molecule has 0 heterocycles. The van der Waals surface area contributed by atoms with Crippen LogP contribution in [0, 0.1) is 17.0 Å².